The number of nitrogens with zero attached hydrogens (tertiary/aromatic N) is 1. The topological polar surface area (TPSA) is 28.4 Å². The van der Waals surface area contributed by atoms with Gasteiger partial charge in [-0.25, -0.2) is 0 Å². The van der Waals surface area contributed by atoms with Crippen LogP contribution in [-0.2, 0) is 13.1 Å². The summed E-state index contributed by atoms with van der Waals surface area (Å²) in [6, 6.07) is 2.94. The Morgan fingerprint density at radius 1 is 1.30 bits per heavy atom. The van der Waals surface area contributed by atoms with Crippen LogP contribution in [-0.4, -0.2) is 25.0 Å². The zero-order chi connectivity index (χ0) is 14.5. The number of furan rings is 1. The first-order chi connectivity index (χ1) is 9.63. The Morgan fingerprint density at radius 3 is 2.60 bits per heavy atom. The van der Waals surface area contributed by atoms with Gasteiger partial charge in [0.2, 0.25) is 0 Å². The quantitative estimate of drug-likeness (QED) is 0.860. The van der Waals surface area contributed by atoms with E-state index in [1.807, 2.05) is 7.05 Å². The molecule has 1 N–H and O–H groups in total. The van der Waals surface area contributed by atoms with E-state index in [1.165, 1.54) is 37.7 Å². The van der Waals surface area contributed by atoms with Crippen LogP contribution in [0.1, 0.15) is 56.1 Å². The van der Waals surface area contributed by atoms with Crippen molar-refractivity contribution in [3.63, 3.8) is 0 Å². The van der Waals surface area contributed by atoms with Gasteiger partial charge in [0, 0.05) is 18.2 Å². The molecule has 1 fully saturated rings. The van der Waals surface area contributed by atoms with Crippen LogP contribution in [0.2, 0.25) is 0 Å². The van der Waals surface area contributed by atoms with Crippen LogP contribution in [0.5, 0.6) is 0 Å². The first kappa shape index (κ1) is 15.6. The molecule has 0 aliphatic heterocycles. The molecule has 0 amide bonds. The predicted octanol–water partition coefficient (Wildman–Crippen LogP) is 3.71. The summed E-state index contributed by atoms with van der Waals surface area (Å²) in [5.41, 5.74) is 1.28. The van der Waals surface area contributed by atoms with Gasteiger partial charge in [-0.1, -0.05) is 13.3 Å². The maximum atomic E-state index is 5.89. The number of hydrogen-bond donors (Lipinski definition) is 1. The van der Waals surface area contributed by atoms with E-state index in [-0.39, 0.29) is 0 Å². The lowest BCUT2D eigenvalue weighted by Gasteiger charge is -2.34. The van der Waals surface area contributed by atoms with Crippen molar-refractivity contribution in [3.05, 3.63) is 23.2 Å². The summed E-state index contributed by atoms with van der Waals surface area (Å²) in [6.45, 7) is 6.21. The Morgan fingerprint density at radius 2 is 2.00 bits per heavy atom. The maximum absolute atomic E-state index is 5.89. The molecular weight excluding hydrogens is 248 g/mol. The van der Waals surface area contributed by atoms with E-state index in [4.69, 9.17) is 4.42 Å². The summed E-state index contributed by atoms with van der Waals surface area (Å²) >= 11 is 0. The molecule has 0 unspecified atom stereocenters. The highest BCUT2D eigenvalue weighted by Crippen LogP contribution is 2.29. The van der Waals surface area contributed by atoms with Gasteiger partial charge in [0.1, 0.15) is 11.5 Å². The third-order valence-electron chi connectivity index (χ3n) is 4.86. The molecule has 0 bridgehead atoms. The highest BCUT2D eigenvalue weighted by molar-refractivity contribution is 5.20. The zero-order valence-corrected chi connectivity index (χ0v) is 13.5. The molecule has 0 radical (unpaired) electrons. The molecule has 114 valence electrons. The van der Waals surface area contributed by atoms with Crippen LogP contribution < -0.4 is 5.32 Å². The molecule has 3 heteroatoms. The minimum Gasteiger partial charge on any atom is -0.465 e. The Balaban J connectivity index is 1.88. The Labute approximate surface area is 123 Å². The van der Waals surface area contributed by atoms with Crippen LogP contribution in [0.25, 0.3) is 0 Å². The van der Waals surface area contributed by atoms with Crippen molar-refractivity contribution in [2.45, 2.75) is 65.1 Å². The van der Waals surface area contributed by atoms with Crippen molar-refractivity contribution in [2.75, 3.05) is 14.1 Å². The molecule has 2 rings (SSSR count). The van der Waals surface area contributed by atoms with Gasteiger partial charge in [-0.05, 0) is 58.7 Å². The SMILES string of the molecule is CCC1CCC(N(C)Cc2cc(CNC)c(C)o2)CC1. The average Bonchev–Trinajstić information content (AvgIpc) is 2.79. The van der Waals surface area contributed by atoms with Gasteiger partial charge in [-0.2, -0.15) is 0 Å². The lowest BCUT2D eigenvalue weighted by molar-refractivity contribution is 0.148. The van der Waals surface area contributed by atoms with Gasteiger partial charge in [-0.15, -0.1) is 0 Å². The van der Waals surface area contributed by atoms with Crippen molar-refractivity contribution in [2.24, 2.45) is 5.92 Å². The number of aryl methyl sites for hydroxylation is 1. The van der Waals surface area contributed by atoms with Crippen molar-refractivity contribution < 1.29 is 4.42 Å². The van der Waals surface area contributed by atoms with Crippen molar-refractivity contribution in [1.82, 2.24) is 10.2 Å². The van der Waals surface area contributed by atoms with E-state index in [0.29, 0.717) is 0 Å². The third kappa shape index (κ3) is 3.86. The second kappa shape index (κ2) is 7.28. The van der Waals surface area contributed by atoms with E-state index >= 15 is 0 Å². The first-order valence-electron chi connectivity index (χ1n) is 8.07. The summed E-state index contributed by atoms with van der Waals surface area (Å²) in [4.78, 5) is 2.48. The van der Waals surface area contributed by atoms with E-state index in [9.17, 15) is 0 Å². The lowest BCUT2D eigenvalue weighted by Crippen LogP contribution is -2.34. The second-order valence-corrected chi connectivity index (χ2v) is 6.32. The fourth-order valence-electron chi connectivity index (χ4n) is 3.40. The van der Waals surface area contributed by atoms with Gasteiger partial charge < -0.3 is 9.73 Å². The Kier molecular flexibility index (Phi) is 5.67. The fraction of sp³-hybridized carbons (Fsp3) is 0.765. The normalized spacial score (nSPS) is 23.4. The summed E-state index contributed by atoms with van der Waals surface area (Å²) < 4.78 is 5.89. The Hall–Kier alpha value is -0.800. The minimum absolute atomic E-state index is 0.732. The van der Waals surface area contributed by atoms with Crippen LogP contribution in [0.15, 0.2) is 10.5 Å². The highest BCUT2D eigenvalue weighted by atomic mass is 16.3. The van der Waals surface area contributed by atoms with Crippen molar-refractivity contribution >= 4 is 0 Å². The van der Waals surface area contributed by atoms with E-state index < -0.39 is 0 Å². The number of nitrogens with one attached hydrogen (secondary N) is 1. The van der Waals surface area contributed by atoms with Crippen molar-refractivity contribution in [1.29, 1.82) is 0 Å². The number of hydrogen-bond acceptors (Lipinski definition) is 3. The molecular formula is C17H30N2O. The molecule has 1 aliphatic carbocycles. The summed E-state index contributed by atoms with van der Waals surface area (Å²) in [7, 11) is 4.22. The van der Waals surface area contributed by atoms with Crippen LogP contribution in [0.4, 0.5) is 0 Å². The number of rotatable bonds is 6. The molecule has 1 aromatic heterocycles. The van der Waals surface area contributed by atoms with Gasteiger partial charge in [-0.3, -0.25) is 4.90 Å². The average molecular weight is 278 g/mol. The third-order valence-corrected chi connectivity index (χ3v) is 4.86. The molecule has 1 aromatic rings. The molecule has 0 spiro atoms. The highest BCUT2D eigenvalue weighted by Gasteiger charge is 2.23. The van der Waals surface area contributed by atoms with E-state index in [0.717, 1.165) is 36.6 Å². The van der Waals surface area contributed by atoms with E-state index in [1.54, 1.807) is 0 Å². The molecule has 1 saturated carbocycles. The van der Waals surface area contributed by atoms with Gasteiger partial charge in [0.15, 0.2) is 0 Å². The van der Waals surface area contributed by atoms with Gasteiger partial charge in [0.05, 0.1) is 6.54 Å². The summed E-state index contributed by atoms with van der Waals surface area (Å²) in [5.74, 6) is 3.12. The molecule has 1 heterocycles. The minimum atomic E-state index is 0.732. The van der Waals surface area contributed by atoms with E-state index in [2.05, 4.69) is 37.2 Å². The van der Waals surface area contributed by atoms with Gasteiger partial charge in [0.25, 0.3) is 0 Å². The monoisotopic (exact) mass is 278 g/mol. The largest absolute Gasteiger partial charge is 0.465 e. The van der Waals surface area contributed by atoms with Crippen LogP contribution in [0, 0.1) is 12.8 Å². The van der Waals surface area contributed by atoms with Crippen LogP contribution in [0.3, 0.4) is 0 Å². The molecule has 3 nitrogen and oxygen atoms in total. The molecule has 0 saturated heterocycles. The van der Waals surface area contributed by atoms with Crippen molar-refractivity contribution in [3.8, 4) is 0 Å². The molecule has 1 aliphatic rings. The predicted molar refractivity (Wildman–Crippen MR) is 83.7 cm³/mol. The Bertz CT molecular complexity index is 405. The van der Waals surface area contributed by atoms with Crippen LogP contribution >= 0.6 is 0 Å². The maximum Gasteiger partial charge on any atom is 0.118 e. The standard InChI is InChI=1S/C17H30N2O/c1-5-14-6-8-16(9-7-14)19(4)12-17-10-15(11-18-3)13(2)20-17/h10,14,16,18H,5-9,11-12H2,1-4H3. The molecule has 20 heavy (non-hydrogen) atoms. The van der Waals surface area contributed by atoms with Gasteiger partial charge >= 0.3 is 0 Å². The second-order valence-electron chi connectivity index (χ2n) is 6.32. The zero-order valence-electron chi connectivity index (χ0n) is 13.5. The lowest BCUT2D eigenvalue weighted by atomic mass is 9.84. The fourth-order valence-corrected chi connectivity index (χ4v) is 3.40. The smallest absolute Gasteiger partial charge is 0.118 e. The summed E-state index contributed by atoms with van der Waals surface area (Å²) in [5, 5.41) is 3.19. The molecule has 0 aromatic carbocycles. The summed E-state index contributed by atoms with van der Waals surface area (Å²) in [6.07, 6.45) is 6.83. The first-order valence-corrected chi connectivity index (χ1v) is 8.07. The molecule has 0 atom stereocenters.